The molecular weight excluding hydrogens is 509 g/mol. The maximum absolute atomic E-state index is 11.6. The Kier molecular flexibility index (Phi) is 9.45. The minimum Gasteiger partial charge on any atom is -0.356 e. The smallest absolute Gasteiger partial charge is 0.211 e. The second-order valence-electron chi connectivity index (χ2n) is 7.38. The molecule has 0 aliphatic carbocycles. The molecule has 0 spiro atoms. The number of hydrogen-bond acceptors (Lipinski definition) is 5. The molecule has 3 heterocycles. The first kappa shape index (κ1) is 23.8. The number of thiophene rings is 1. The molecule has 0 aromatic carbocycles. The van der Waals surface area contributed by atoms with E-state index >= 15 is 0 Å². The van der Waals surface area contributed by atoms with E-state index < -0.39 is 10.0 Å². The van der Waals surface area contributed by atoms with Crippen molar-refractivity contribution in [2.45, 2.75) is 19.4 Å². The van der Waals surface area contributed by atoms with Crippen molar-refractivity contribution >= 4 is 51.3 Å². The Morgan fingerprint density at radius 3 is 2.43 bits per heavy atom. The summed E-state index contributed by atoms with van der Waals surface area (Å²) in [7, 11) is -1.21. The van der Waals surface area contributed by atoms with Crippen molar-refractivity contribution in [3.05, 3.63) is 22.4 Å². The highest BCUT2D eigenvalue weighted by Crippen LogP contribution is 2.18. The van der Waals surface area contributed by atoms with Gasteiger partial charge in [0.1, 0.15) is 0 Å². The molecule has 7 nitrogen and oxygen atoms in total. The van der Waals surface area contributed by atoms with Crippen LogP contribution in [0.2, 0.25) is 0 Å². The van der Waals surface area contributed by atoms with Gasteiger partial charge in [-0.2, -0.15) is 0 Å². The van der Waals surface area contributed by atoms with Crippen LogP contribution in [-0.4, -0.2) is 87.6 Å². The van der Waals surface area contributed by atoms with Crippen LogP contribution in [0.1, 0.15) is 17.7 Å². The van der Waals surface area contributed by atoms with E-state index in [4.69, 9.17) is 0 Å². The summed E-state index contributed by atoms with van der Waals surface area (Å²) in [6.07, 6.45) is 3.11. The predicted molar refractivity (Wildman–Crippen MR) is 127 cm³/mol. The maximum atomic E-state index is 11.6. The molecule has 0 radical (unpaired) electrons. The van der Waals surface area contributed by atoms with Crippen LogP contribution in [0.4, 0.5) is 0 Å². The third-order valence-electron chi connectivity index (χ3n) is 5.43. The van der Waals surface area contributed by atoms with Gasteiger partial charge >= 0.3 is 0 Å². The molecule has 0 atom stereocenters. The lowest BCUT2D eigenvalue weighted by Crippen LogP contribution is -2.53. The second-order valence-corrected chi connectivity index (χ2v) is 10.4. The number of rotatable bonds is 5. The van der Waals surface area contributed by atoms with Gasteiger partial charge in [-0.25, -0.2) is 12.7 Å². The summed E-state index contributed by atoms with van der Waals surface area (Å²) in [4.78, 5) is 10.7. The van der Waals surface area contributed by atoms with Gasteiger partial charge in [0.25, 0.3) is 0 Å². The van der Waals surface area contributed by atoms with Crippen molar-refractivity contribution in [2.24, 2.45) is 10.9 Å². The lowest BCUT2D eigenvalue weighted by atomic mass is 9.98. The van der Waals surface area contributed by atoms with Gasteiger partial charge in [-0.05, 0) is 30.2 Å². The quantitative estimate of drug-likeness (QED) is 0.350. The largest absolute Gasteiger partial charge is 0.356 e. The lowest BCUT2D eigenvalue weighted by molar-refractivity contribution is 0.173. The standard InChI is InChI=1S/C18H31N5O2S2.HI/c1-19-18(20-14-16-5-7-23(8-6-16)27(2,24)25)22-11-9-21(10-12-22)15-17-4-3-13-26-17;/h3-4,13,16H,5-12,14-15H2,1-2H3,(H,19,20);1H. The van der Waals surface area contributed by atoms with Crippen LogP contribution >= 0.6 is 35.3 Å². The Bertz CT molecular complexity index is 710. The summed E-state index contributed by atoms with van der Waals surface area (Å²) in [6.45, 7) is 7.22. The van der Waals surface area contributed by atoms with Crippen LogP contribution in [-0.2, 0) is 16.6 Å². The zero-order valence-corrected chi connectivity index (χ0v) is 20.7. The first-order chi connectivity index (χ1) is 13.0. The van der Waals surface area contributed by atoms with Gasteiger partial charge in [-0.1, -0.05) is 6.07 Å². The average molecular weight is 542 g/mol. The van der Waals surface area contributed by atoms with Crippen LogP contribution in [0.5, 0.6) is 0 Å². The number of nitrogens with zero attached hydrogens (tertiary/aromatic N) is 4. The predicted octanol–water partition coefficient (Wildman–Crippen LogP) is 1.73. The van der Waals surface area contributed by atoms with E-state index in [-0.39, 0.29) is 24.0 Å². The fourth-order valence-electron chi connectivity index (χ4n) is 3.75. The molecule has 2 saturated heterocycles. The van der Waals surface area contributed by atoms with Crippen molar-refractivity contribution in [1.82, 2.24) is 19.4 Å². The highest BCUT2D eigenvalue weighted by atomic mass is 127. The Labute approximate surface area is 190 Å². The Hall–Kier alpha value is -0.430. The third-order valence-corrected chi connectivity index (χ3v) is 7.60. The van der Waals surface area contributed by atoms with E-state index in [0.717, 1.165) is 58.1 Å². The van der Waals surface area contributed by atoms with E-state index in [1.807, 2.05) is 18.4 Å². The molecule has 1 N–H and O–H groups in total. The van der Waals surface area contributed by atoms with Gasteiger partial charge in [-0.3, -0.25) is 9.89 Å². The maximum Gasteiger partial charge on any atom is 0.211 e. The van der Waals surface area contributed by atoms with Gasteiger partial charge in [0.05, 0.1) is 6.26 Å². The van der Waals surface area contributed by atoms with Crippen LogP contribution in [0.3, 0.4) is 0 Å². The number of hydrogen-bond donors (Lipinski definition) is 1. The van der Waals surface area contributed by atoms with E-state index in [9.17, 15) is 8.42 Å². The molecule has 10 heteroatoms. The van der Waals surface area contributed by atoms with Gasteiger partial charge in [0.2, 0.25) is 10.0 Å². The fraction of sp³-hybridized carbons (Fsp3) is 0.722. The summed E-state index contributed by atoms with van der Waals surface area (Å²) in [5, 5.41) is 5.65. The average Bonchev–Trinajstić information content (AvgIpc) is 3.16. The van der Waals surface area contributed by atoms with Crippen molar-refractivity contribution < 1.29 is 8.42 Å². The highest BCUT2D eigenvalue weighted by molar-refractivity contribution is 14.0. The minimum absolute atomic E-state index is 0. The van der Waals surface area contributed by atoms with E-state index in [1.54, 1.807) is 4.31 Å². The molecule has 1 aromatic heterocycles. The summed E-state index contributed by atoms with van der Waals surface area (Å²) >= 11 is 1.82. The van der Waals surface area contributed by atoms with Crippen LogP contribution < -0.4 is 5.32 Å². The topological polar surface area (TPSA) is 68.2 Å². The molecule has 1 aromatic rings. The summed E-state index contributed by atoms with van der Waals surface area (Å²) < 4.78 is 24.8. The zero-order valence-electron chi connectivity index (χ0n) is 16.7. The molecular formula is C18H32IN5O2S2. The van der Waals surface area contributed by atoms with E-state index in [1.165, 1.54) is 11.1 Å². The molecule has 3 rings (SSSR count). The van der Waals surface area contributed by atoms with Gasteiger partial charge in [0, 0.05) is 64.3 Å². The summed E-state index contributed by atoms with van der Waals surface area (Å²) in [5.41, 5.74) is 0. The first-order valence-electron chi connectivity index (χ1n) is 9.61. The summed E-state index contributed by atoms with van der Waals surface area (Å²) in [5.74, 6) is 1.47. The molecule has 160 valence electrons. The number of halogens is 1. The zero-order chi connectivity index (χ0) is 19.3. The Morgan fingerprint density at radius 2 is 1.89 bits per heavy atom. The molecule has 2 aliphatic rings. The lowest BCUT2D eigenvalue weighted by Gasteiger charge is -2.37. The Morgan fingerprint density at radius 1 is 1.21 bits per heavy atom. The van der Waals surface area contributed by atoms with Crippen molar-refractivity contribution in [2.75, 3.05) is 59.1 Å². The highest BCUT2D eigenvalue weighted by Gasteiger charge is 2.26. The van der Waals surface area contributed by atoms with Gasteiger partial charge < -0.3 is 10.2 Å². The number of guanidine groups is 1. The van der Waals surface area contributed by atoms with Crippen molar-refractivity contribution in [1.29, 1.82) is 0 Å². The van der Waals surface area contributed by atoms with Crippen LogP contribution in [0, 0.1) is 5.92 Å². The number of sulfonamides is 1. The van der Waals surface area contributed by atoms with E-state index in [2.05, 4.69) is 37.6 Å². The van der Waals surface area contributed by atoms with Crippen LogP contribution in [0.25, 0.3) is 0 Å². The van der Waals surface area contributed by atoms with E-state index in [0.29, 0.717) is 19.0 Å². The monoisotopic (exact) mass is 541 g/mol. The normalized spacial score (nSPS) is 20.8. The van der Waals surface area contributed by atoms with Crippen molar-refractivity contribution in [3.63, 3.8) is 0 Å². The summed E-state index contributed by atoms with van der Waals surface area (Å²) in [6, 6.07) is 4.31. The molecule has 0 bridgehead atoms. The molecule has 0 amide bonds. The first-order valence-corrected chi connectivity index (χ1v) is 12.3. The molecule has 2 aliphatic heterocycles. The second kappa shape index (κ2) is 11.1. The number of piperazine rings is 1. The SMILES string of the molecule is CN=C(NCC1CCN(S(C)(=O)=O)CC1)N1CCN(Cc2cccs2)CC1.I. The number of nitrogens with one attached hydrogen (secondary N) is 1. The minimum atomic E-state index is -3.05. The number of aliphatic imine (C=N–C) groups is 1. The number of piperidine rings is 1. The van der Waals surface area contributed by atoms with Crippen molar-refractivity contribution in [3.8, 4) is 0 Å². The molecule has 28 heavy (non-hydrogen) atoms. The fourth-order valence-corrected chi connectivity index (χ4v) is 5.37. The van der Waals surface area contributed by atoms with Gasteiger partial charge in [0.15, 0.2) is 5.96 Å². The third kappa shape index (κ3) is 6.82. The van der Waals surface area contributed by atoms with Gasteiger partial charge in [-0.15, -0.1) is 35.3 Å². The molecule has 0 saturated carbocycles. The molecule has 2 fully saturated rings. The molecule has 0 unspecified atom stereocenters. The Balaban J connectivity index is 0.00000280. The van der Waals surface area contributed by atoms with Crippen LogP contribution in [0.15, 0.2) is 22.5 Å².